The fraction of sp³-hybridized carbons (Fsp3) is 0.579. The van der Waals surface area contributed by atoms with Gasteiger partial charge < -0.3 is 9.64 Å². The minimum Gasteiger partial charge on any atom is -0.444 e. The van der Waals surface area contributed by atoms with Crippen molar-refractivity contribution in [3.63, 3.8) is 0 Å². The summed E-state index contributed by atoms with van der Waals surface area (Å²) in [7, 11) is 1.75. The highest BCUT2D eigenvalue weighted by atomic mass is 16.6. The molecule has 1 aliphatic rings. The average molecular weight is 317 g/mol. The first kappa shape index (κ1) is 17.5. The van der Waals surface area contributed by atoms with Crippen molar-refractivity contribution in [1.29, 1.82) is 0 Å². The van der Waals surface area contributed by atoms with Crippen LogP contribution in [0.4, 0.5) is 4.79 Å². The number of fused-ring (bicyclic) bond motifs is 1. The summed E-state index contributed by atoms with van der Waals surface area (Å²) in [6.07, 6.45) is 0.399. The summed E-state index contributed by atoms with van der Waals surface area (Å²) in [6, 6.07) is 7.74. The van der Waals surface area contributed by atoms with E-state index in [9.17, 15) is 9.59 Å². The molecular formula is C19H27NO3. The first-order chi connectivity index (χ1) is 10.5. The lowest BCUT2D eigenvalue weighted by molar-refractivity contribution is 0.0253. The number of hydrogen-bond acceptors (Lipinski definition) is 3. The van der Waals surface area contributed by atoms with Crippen molar-refractivity contribution in [3.05, 3.63) is 35.4 Å². The Morgan fingerprint density at radius 3 is 2.57 bits per heavy atom. The molecule has 0 saturated heterocycles. The lowest BCUT2D eigenvalue weighted by Gasteiger charge is -2.40. The van der Waals surface area contributed by atoms with Crippen molar-refractivity contribution in [2.45, 2.75) is 52.1 Å². The summed E-state index contributed by atoms with van der Waals surface area (Å²) in [4.78, 5) is 26.3. The number of hydrogen-bond donors (Lipinski definition) is 0. The molecule has 1 aromatic rings. The van der Waals surface area contributed by atoms with Crippen LogP contribution in [0.25, 0.3) is 0 Å². The summed E-state index contributed by atoms with van der Waals surface area (Å²) < 4.78 is 5.44. The second-order valence-electron chi connectivity index (χ2n) is 7.91. The highest BCUT2D eigenvalue weighted by molar-refractivity contribution is 6.00. The van der Waals surface area contributed by atoms with Gasteiger partial charge in [0, 0.05) is 30.5 Å². The molecule has 0 aliphatic heterocycles. The predicted molar refractivity (Wildman–Crippen MR) is 90.8 cm³/mol. The Bertz CT molecular complexity index is 617. The topological polar surface area (TPSA) is 46.6 Å². The van der Waals surface area contributed by atoms with Gasteiger partial charge in [0.2, 0.25) is 0 Å². The van der Waals surface area contributed by atoms with Crippen LogP contribution in [0.1, 0.15) is 57.0 Å². The normalized spacial score (nSPS) is 24.1. The minimum atomic E-state index is -0.514. The number of benzene rings is 1. The monoisotopic (exact) mass is 317 g/mol. The van der Waals surface area contributed by atoms with Gasteiger partial charge in [0.25, 0.3) is 0 Å². The largest absolute Gasteiger partial charge is 0.444 e. The number of likely N-dealkylation sites (N-methyl/N-ethyl adjacent to an activating group) is 1. The number of carbonyl (C=O) groups is 2. The maximum Gasteiger partial charge on any atom is 0.410 e. The van der Waals surface area contributed by atoms with Crippen LogP contribution >= 0.6 is 0 Å². The van der Waals surface area contributed by atoms with Gasteiger partial charge in [-0.25, -0.2) is 4.79 Å². The predicted octanol–water partition coefficient (Wildman–Crippen LogP) is 4.03. The third-order valence-electron chi connectivity index (χ3n) is 4.34. The molecule has 0 N–H and O–H groups in total. The van der Waals surface area contributed by atoms with E-state index in [0.717, 1.165) is 17.5 Å². The Balaban J connectivity index is 2.26. The van der Waals surface area contributed by atoms with Crippen LogP contribution in [0.2, 0.25) is 0 Å². The standard InChI is InChI=1S/C19H27NO3/c1-13-11-19(5,12-20(6)17(22)23-18(2,3)4)15-10-8-7-9-14(15)16(13)21/h7-10,13H,11-12H2,1-6H3. The van der Waals surface area contributed by atoms with Crippen molar-refractivity contribution in [2.24, 2.45) is 5.92 Å². The van der Waals surface area contributed by atoms with E-state index in [-0.39, 0.29) is 23.2 Å². The molecule has 1 amide bonds. The molecule has 2 unspecified atom stereocenters. The molecule has 2 rings (SSSR count). The Kier molecular flexibility index (Phi) is 4.56. The van der Waals surface area contributed by atoms with Gasteiger partial charge in [-0.3, -0.25) is 4.79 Å². The van der Waals surface area contributed by atoms with Gasteiger partial charge in [-0.15, -0.1) is 0 Å². The van der Waals surface area contributed by atoms with Crippen molar-refractivity contribution in [2.75, 3.05) is 13.6 Å². The number of ether oxygens (including phenoxy) is 1. The lowest BCUT2D eigenvalue weighted by atomic mass is 9.67. The van der Waals surface area contributed by atoms with E-state index < -0.39 is 5.60 Å². The number of Topliss-reactive ketones (excluding diaryl/α,β-unsaturated/α-hetero) is 1. The first-order valence-electron chi connectivity index (χ1n) is 8.11. The van der Waals surface area contributed by atoms with Crippen LogP contribution in [-0.4, -0.2) is 36.0 Å². The molecule has 2 atom stereocenters. The quantitative estimate of drug-likeness (QED) is 0.827. The van der Waals surface area contributed by atoms with Crippen molar-refractivity contribution < 1.29 is 14.3 Å². The van der Waals surface area contributed by atoms with Crippen molar-refractivity contribution in [3.8, 4) is 0 Å². The van der Waals surface area contributed by atoms with Crippen molar-refractivity contribution >= 4 is 11.9 Å². The second-order valence-corrected chi connectivity index (χ2v) is 7.91. The van der Waals surface area contributed by atoms with Gasteiger partial charge in [0.05, 0.1) is 0 Å². The molecule has 0 fully saturated rings. The fourth-order valence-electron chi connectivity index (χ4n) is 3.45. The summed E-state index contributed by atoms with van der Waals surface area (Å²) in [5.41, 5.74) is 1.04. The average Bonchev–Trinajstić information content (AvgIpc) is 2.43. The molecule has 0 radical (unpaired) electrons. The van der Waals surface area contributed by atoms with Crippen LogP contribution in [-0.2, 0) is 10.2 Å². The number of amides is 1. The Morgan fingerprint density at radius 1 is 1.35 bits per heavy atom. The van der Waals surface area contributed by atoms with Gasteiger partial charge in [-0.1, -0.05) is 38.1 Å². The van der Waals surface area contributed by atoms with E-state index >= 15 is 0 Å². The van der Waals surface area contributed by atoms with Gasteiger partial charge >= 0.3 is 6.09 Å². The molecule has 4 heteroatoms. The van der Waals surface area contributed by atoms with Crippen LogP contribution in [0.5, 0.6) is 0 Å². The first-order valence-corrected chi connectivity index (χ1v) is 8.11. The fourth-order valence-corrected chi connectivity index (χ4v) is 3.45. The molecule has 0 aromatic heterocycles. The zero-order chi connectivity index (χ0) is 17.4. The highest BCUT2D eigenvalue weighted by Crippen LogP contribution is 2.40. The van der Waals surface area contributed by atoms with Crippen LogP contribution in [0, 0.1) is 5.92 Å². The number of carbonyl (C=O) groups excluding carboxylic acids is 2. The number of ketones is 1. The zero-order valence-electron chi connectivity index (χ0n) is 15.0. The highest BCUT2D eigenvalue weighted by Gasteiger charge is 2.40. The van der Waals surface area contributed by atoms with E-state index in [2.05, 4.69) is 6.92 Å². The van der Waals surface area contributed by atoms with Crippen LogP contribution < -0.4 is 0 Å². The molecule has 1 aromatic carbocycles. The molecule has 1 aliphatic carbocycles. The smallest absolute Gasteiger partial charge is 0.410 e. The molecular weight excluding hydrogens is 290 g/mol. The summed E-state index contributed by atoms with van der Waals surface area (Å²) in [5.74, 6) is 0.153. The second kappa shape index (κ2) is 5.99. The summed E-state index contributed by atoms with van der Waals surface area (Å²) >= 11 is 0. The van der Waals surface area contributed by atoms with Gasteiger partial charge in [0.1, 0.15) is 5.60 Å². The number of nitrogens with zero attached hydrogens (tertiary/aromatic N) is 1. The Labute approximate surface area is 138 Å². The summed E-state index contributed by atoms with van der Waals surface area (Å²) in [6.45, 7) is 10.2. The Morgan fingerprint density at radius 2 is 1.96 bits per heavy atom. The molecule has 0 saturated carbocycles. The third-order valence-corrected chi connectivity index (χ3v) is 4.34. The Hall–Kier alpha value is -1.84. The molecule has 126 valence electrons. The molecule has 0 heterocycles. The summed E-state index contributed by atoms with van der Waals surface area (Å²) in [5, 5.41) is 0. The zero-order valence-corrected chi connectivity index (χ0v) is 15.0. The maximum atomic E-state index is 12.4. The lowest BCUT2D eigenvalue weighted by Crippen LogP contribution is -2.46. The van der Waals surface area contributed by atoms with Gasteiger partial charge in [0.15, 0.2) is 5.78 Å². The van der Waals surface area contributed by atoms with Crippen molar-refractivity contribution in [1.82, 2.24) is 4.90 Å². The molecule has 0 spiro atoms. The third kappa shape index (κ3) is 3.74. The molecule has 23 heavy (non-hydrogen) atoms. The minimum absolute atomic E-state index is 0.0399. The maximum absolute atomic E-state index is 12.4. The van der Waals surface area contributed by atoms with E-state index in [4.69, 9.17) is 4.74 Å². The van der Waals surface area contributed by atoms with Crippen LogP contribution in [0.3, 0.4) is 0 Å². The van der Waals surface area contributed by atoms with Crippen LogP contribution in [0.15, 0.2) is 24.3 Å². The van der Waals surface area contributed by atoms with E-state index in [1.165, 1.54) is 0 Å². The SMILES string of the molecule is CC1CC(C)(CN(C)C(=O)OC(C)(C)C)c2ccccc2C1=O. The van der Waals surface area contributed by atoms with Gasteiger partial charge in [-0.05, 0) is 32.8 Å². The van der Waals surface area contributed by atoms with E-state index in [1.54, 1.807) is 11.9 Å². The van der Waals surface area contributed by atoms with E-state index in [1.807, 2.05) is 52.0 Å². The molecule has 4 nitrogen and oxygen atoms in total. The molecule has 0 bridgehead atoms. The number of rotatable bonds is 2. The van der Waals surface area contributed by atoms with E-state index in [0.29, 0.717) is 6.54 Å². The van der Waals surface area contributed by atoms with Gasteiger partial charge in [-0.2, -0.15) is 0 Å².